The monoisotopic (exact) mass is 451 g/mol. The van der Waals surface area contributed by atoms with Crippen LogP contribution in [0.1, 0.15) is 18.4 Å². The van der Waals surface area contributed by atoms with Gasteiger partial charge >= 0.3 is 0 Å². The van der Waals surface area contributed by atoms with Gasteiger partial charge < -0.3 is 19.4 Å². The highest BCUT2D eigenvalue weighted by Gasteiger charge is 2.31. The average molecular weight is 452 g/mol. The molecule has 0 radical (unpaired) electrons. The Bertz CT molecular complexity index is 979. The van der Waals surface area contributed by atoms with Gasteiger partial charge in [0.1, 0.15) is 18.2 Å². The number of hydrogen-bond donors (Lipinski definition) is 0. The number of piperidine rings is 1. The molecular weight excluding hydrogens is 421 g/mol. The van der Waals surface area contributed by atoms with Crippen LogP contribution in [-0.2, 0) is 16.2 Å². The highest BCUT2D eigenvalue weighted by molar-refractivity contribution is 5.87. The summed E-state index contributed by atoms with van der Waals surface area (Å²) in [4.78, 5) is 30.7. The first kappa shape index (κ1) is 22.8. The molecule has 6 nitrogen and oxygen atoms in total. The maximum Gasteiger partial charge on any atom is 0.245 e. The summed E-state index contributed by atoms with van der Waals surface area (Å²) in [6.45, 7) is 8.05. The van der Waals surface area contributed by atoms with Crippen LogP contribution in [0.4, 0.5) is 10.1 Å². The lowest BCUT2D eigenvalue weighted by Gasteiger charge is -2.39. The number of piperazine rings is 1. The van der Waals surface area contributed by atoms with Crippen molar-refractivity contribution in [1.29, 1.82) is 0 Å². The molecule has 2 fully saturated rings. The summed E-state index contributed by atoms with van der Waals surface area (Å²) in [7, 11) is 0. The quantitative estimate of drug-likeness (QED) is 0.631. The molecule has 0 spiro atoms. The highest BCUT2D eigenvalue weighted by atomic mass is 19.1. The van der Waals surface area contributed by atoms with Crippen molar-refractivity contribution < 1.29 is 18.7 Å². The van der Waals surface area contributed by atoms with E-state index in [1.807, 2.05) is 23.1 Å². The Hall–Kier alpha value is -3.35. The molecule has 2 aliphatic heterocycles. The number of carbonyl (C=O) groups excluding carboxylic acids is 2. The van der Waals surface area contributed by atoms with Crippen molar-refractivity contribution in [3.05, 3.63) is 72.6 Å². The van der Waals surface area contributed by atoms with Crippen LogP contribution in [0.15, 0.2) is 61.2 Å². The lowest BCUT2D eigenvalue weighted by Crippen LogP contribution is -2.52. The minimum atomic E-state index is -0.258. The number of amides is 2. The molecule has 0 bridgehead atoms. The number of likely N-dealkylation sites (tertiary alicyclic amines) is 1. The van der Waals surface area contributed by atoms with Crippen LogP contribution >= 0.6 is 0 Å². The van der Waals surface area contributed by atoms with E-state index >= 15 is 0 Å². The molecule has 7 heteroatoms. The summed E-state index contributed by atoms with van der Waals surface area (Å²) in [5.41, 5.74) is 1.98. The Morgan fingerprint density at radius 1 is 0.970 bits per heavy atom. The second kappa shape index (κ2) is 10.5. The fourth-order valence-corrected chi connectivity index (χ4v) is 4.44. The van der Waals surface area contributed by atoms with E-state index in [1.54, 1.807) is 17.0 Å². The SMILES string of the molecule is C=CC(=O)N1CCC(C(=O)N2CCN(c3cccc(OCc4ccc(F)cc4)c3)CC2)CC1. The zero-order chi connectivity index (χ0) is 23.2. The van der Waals surface area contributed by atoms with E-state index in [9.17, 15) is 14.0 Å². The van der Waals surface area contributed by atoms with Gasteiger partial charge in [-0.15, -0.1) is 0 Å². The van der Waals surface area contributed by atoms with Crippen LogP contribution in [0.3, 0.4) is 0 Å². The van der Waals surface area contributed by atoms with Crippen LogP contribution in [0, 0.1) is 11.7 Å². The van der Waals surface area contributed by atoms with Crippen LogP contribution in [0.25, 0.3) is 0 Å². The molecule has 0 N–H and O–H groups in total. The molecule has 0 unspecified atom stereocenters. The number of nitrogens with zero attached hydrogens (tertiary/aromatic N) is 3. The van der Waals surface area contributed by atoms with Gasteiger partial charge in [0, 0.05) is 56.9 Å². The van der Waals surface area contributed by atoms with E-state index in [4.69, 9.17) is 4.74 Å². The summed E-state index contributed by atoms with van der Waals surface area (Å²) in [6, 6.07) is 14.2. The number of anilines is 1. The first-order chi connectivity index (χ1) is 16.0. The second-order valence-corrected chi connectivity index (χ2v) is 8.53. The number of benzene rings is 2. The summed E-state index contributed by atoms with van der Waals surface area (Å²) in [6.07, 6.45) is 2.77. The molecule has 33 heavy (non-hydrogen) atoms. The topological polar surface area (TPSA) is 53.1 Å². The summed E-state index contributed by atoms with van der Waals surface area (Å²) < 4.78 is 18.9. The molecule has 2 saturated heterocycles. The van der Waals surface area contributed by atoms with Gasteiger partial charge in [0.2, 0.25) is 11.8 Å². The minimum Gasteiger partial charge on any atom is -0.489 e. The van der Waals surface area contributed by atoms with Crippen molar-refractivity contribution in [2.45, 2.75) is 19.4 Å². The number of hydrogen-bond acceptors (Lipinski definition) is 4. The van der Waals surface area contributed by atoms with Crippen molar-refractivity contribution in [1.82, 2.24) is 9.80 Å². The van der Waals surface area contributed by atoms with Gasteiger partial charge in [0.05, 0.1) is 0 Å². The Balaban J connectivity index is 1.27. The van der Waals surface area contributed by atoms with Gasteiger partial charge in [-0.1, -0.05) is 24.8 Å². The molecule has 2 aromatic rings. The van der Waals surface area contributed by atoms with Crippen LogP contribution in [0.5, 0.6) is 5.75 Å². The van der Waals surface area contributed by atoms with Crippen molar-refractivity contribution in [3.8, 4) is 5.75 Å². The molecule has 0 atom stereocenters. The normalized spacial score (nSPS) is 17.1. The third kappa shape index (κ3) is 5.72. The number of carbonyl (C=O) groups is 2. The largest absolute Gasteiger partial charge is 0.489 e. The van der Waals surface area contributed by atoms with Crippen LogP contribution in [-0.4, -0.2) is 60.9 Å². The first-order valence-corrected chi connectivity index (χ1v) is 11.5. The van der Waals surface area contributed by atoms with Crippen LogP contribution < -0.4 is 9.64 Å². The molecule has 2 aliphatic rings. The standard InChI is InChI=1S/C26H30FN3O3/c1-2-25(31)29-12-10-21(11-13-29)26(32)30-16-14-28(15-17-30)23-4-3-5-24(18-23)33-19-20-6-8-22(27)9-7-20/h2-9,18,21H,1,10-17,19H2. The average Bonchev–Trinajstić information content (AvgIpc) is 2.88. The third-order valence-corrected chi connectivity index (χ3v) is 6.42. The Kier molecular flexibility index (Phi) is 7.27. The van der Waals surface area contributed by atoms with E-state index in [0.29, 0.717) is 45.6 Å². The molecule has 2 aromatic carbocycles. The van der Waals surface area contributed by atoms with Gasteiger partial charge in [-0.25, -0.2) is 4.39 Å². The van der Waals surface area contributed by atoms with Crippen molar-refractivity contribution >= 4 is 17.5 Å². The van der Waals surface area contributed by atoms with Gasteiger partial charge in [-0.3, -0.25) is 9.59 Å². The van der Waals surface area contributed by atoms with E-state index in [1.165, 1.54) is 18.2 Å². The molecule has 0 aromatic heterocycles. The van der Waals surface area contributed by atoms with E-state index < -0.39 is 0 Å². The Labute approximate surface area is 194 Å². The smallest absolute Gasteiger partial charge is 0.245 e. The van der Waals surface area contributed by atoms with Gasteiger partial charge in [-0.2, -0.15) is 0 Å². The number of halogens is 1. The lowest BCUT2D eigenvalue weighted by atomic mass is 9.95. The molecule has 174 valence electrons. The maximum atomic E-state index is 13.1. The Morgan fingerprint density at radius 3 is 2.33 bits per heavy atom. The molecule has 2 amide bonds. The predicted octanol–water partition coefficient (Wildman–Crippen LogP) is 3.48. The summed E-state index contributed by atoms with van der Waals surface area (Å²) in [5.74, 6) is 0.645. The minimum absolute atomic E-state index is 0.00592. The predicted molar refractivity (Wildman–Crippen MR) is 125 cm³/mol. The van der Waals surface area contributed by atoms with Gasteiger partial charge in [0.25, 0.3) is 0 Å². The zero-order valence-corrected chi connectivity index (χ0v) is 18.8. The van der Waals surface area contributed by atoms with Crippen molar-refractivity contribution in [2.24, 2.45) is 5.92 Å². The van der Waals surface area contributed by atoms with E-state index in [2.05, 4.69) is 17.5 Å². The fourth-order valence-electron chi connectivity index (χ4n) is 4.44. The van der Waals surface area contributed by atoms with Crippen molar-refractivity contribution in [3.63, 3.8) is 0 Å². The molecule has 0 aliphatic carbocycles. The summed E-state index contributed by atoms with van der Waals surface area (Å²) >= 11 is 0. The number of ether oxygens (including phenoxy) is 1. The van der Waals surface area contributed by atoms with Crippen LogP contribution in [0.2, 0.25) is 0 Å². The third-order valence-electron chi connectivity index (χ3n) is 6.42. The first-order valence-electron chi connectivity index (χ1n) is 11.5. The van der Waals surface area contributed by atoms with Gasteiger partial charge in [-0.05, 0) is 48.7 Å². The van der Waals surface area contributed by atoms with Gasteiger partial charge in [0.15, 0.2) is 0 Å². The second-order valence-electron chi connectivity index (χ2n) is 8.53. The maximum absolute atomic E-state index is 13.1. The molecule has 4 rings (SSSR count). The lowest BCUT2D eigenvalue weighted by molar-refractivity contribution is -0.139. The summed E-state index contributed by atoms with van der Waals surface area (Å²) in [5, 5.41) is 0. The van der Waals surface area contributed by atoms with E-state index in [-0.39, 0.29) is 23.5 Å². The molecule has 2 heterocycles. The molecular formula is C26H30FN3O3. The molecule has 0 saturated carbocycles. The number of rotatable bonds is 6. The zero-order valence-electron chi connectivity index (χ0n) is 18.8. The van der Waals surface area contributed by atoms with E-state index in [0.717, 1.165) is 30.1 Å². The highest BCUT2D eigenvalue weighted by Crippen LogP contribution is 2.25. The fraction of sp³-hybridized carbons (Fsp3) is 0.385. The van der Waals surface area contributed by atoms with Crippen molar-refractivity contribution in [2.75, 3.05) is 44.2 Å². The Morgan fingerprint density at radius 2 is 1.67 bits per heavy atom.